The van der Waals surface area contributed by atoms with Crippen LogP contribution in [-0.2, 0) is 11.3 Å². The molecular weight excluding hydrogens is 327 g/mol. The minimum absolute atomic E-state index is 0.0769. The Balaban J connectivity index is 2.41. The van der Waals surface area contributed by atoms with Crippen molar-refractivity contribution in [2.75, 3.05) is 13.6 Å². The summed E-state index contributed by atoms with van der Waals surface area (Å²) in [6.07, 6.45) is 0. The largest absolute Gasteiger partial charge is 0.353 e. The van der Waals surface area contributed by atoms with E-state index in [1.807, 2.05) is 25.8 Å². The predicted octanol–water partition coefficient (Wildman–Crippen LogP) is 2.25. The van der Waals surface area contributed by atoms with Crippen molar-refractivity contribution >= 4 is 28.5 Å². The summed E-state index contributed by atoms with van der Waals surface area (Å²) in [4.78, 5) is 13.6. The summed E-state index contributed by atoms with van der Waals surface area (Å²) in [7, 11) is 1.96. The van der Waals surface area contributed by atoms with Gasteiger partial charge in [0.2, 0.25) is 5.91 Å². The highest BCUT2D eigenvalue weighted by Gasteiger charge is 2.07. The van der Waals surface area contributed by atoms with Crippen molar-refractivity contribution in [1.29, 1.82) is 0 Å². The zero-order chi connectivity index (χ0) is 12.8. The van der Waals surface area contributed by atoms with E-state index in [1.54, 1.807) is 0 Å². The molecule has 3 nitrogen and oxygen atoms in total. The molecule has 0 spiro atoms. The highest BCUT2D eigenvalue weighted by molar-refractivity contribution is 14.1. The second-order valence-electron chi connectivity index (χ2n) is 4.52. The molecule has 1 aromatic carbocycles. The number of likely N-dealkylation sites (N-methyl/N-ethyl adjacent to an activating group) is 1. The van der Waals surface area contributed by atoms with E-state index in [1.165, 1.54) is 9.13 Å². The van der Waals surface area contributed by atoms with Crippen molar-refractivity contribution in [2.45, 2.75) is 26.4 Å². The summed E-state index contributed by atoms with van der Waals surface area (Å²) in [5.74, 6) is 0.0769. The topological polar surface area (TPSA) is 32.3 Å². The number of hydrogen-bond donors (Lipinski definition) is 1. The molecule has 1 N–H and O–H groups in total. The van der Waals surface area contributed by atoms with Gasteiger partial charge in [0.15, 0.2) is 0 Å². The lowest BCUT2D eigenvalue weighted by molar-refractivity contribution is -0.122. The molecule has 0 fully saturated rings. The Kier molecular flexibility index (Phi) is 5.91. The molecule has 0 saturated heterocycles. The van der Waals surface area contributed by atoms with Gasteiger partial charge < -0.3 is 5.32 Å². The summed E-state index contributed by atoms with van der Waals surface area (Å²) >= 11 is 2.29. The van der Waals surface area contributed by atoms with Crippen molar-refractivity contribution in [1.82, 2.24) is 10.2 Å². The first kappa shape index (κ1) is 14.4. The van der Waals surface area contributed by atoms with E-state index in [4.69, 9.17) is 0 Å². The Morgan fingerprint density at radius 2 is 1.94 bits per heavy atom. The maximum Gasteiger partial charge on any atom is 0.234 e. The molecule has 0 atom stereocenters. The molecule has 0 aliphatic rings. The van der Waals surface area contributed by atoms with E-state index in [0.717, 1.165) is 6.54 Å². The molecule has 4 heteroatoms. The second kappa shape index (κ2) is 6.96. The molecule has 0 heterocycles. The maximum absolute atomic E-state index is 11.6. The van der Waals surface area contributed by atoms with Crippen LogP contribution < -0.4 is 5.32 Å². The van der Waals surface area contributed by atoms with Gasteiger partial charge in [-0.25, -0.2) is 0 Å². The van der Waals surface area contributed by atoms with Crippen LogP contribution in [0.5, 0.6) is 0 Å². The van der Waals surface area contributed by atoms with Gasteiger partial charge in [0.25, 0.3) is 0 Å². The first-order chi connectivity index (χ1) is 7.97. The highest BCUT2D eigenvalue weighted by atomic mass is 127. The van der Waals surface area contributed by atoms with Crippen molar-refractivity contribution in [2.24, 2.45) is 0 Å². The lowest BCUT2D eigenvalue weighted by Crippen LogP contribution is -2.38. The molecule has 0 aromatic heterocycles. The molecule has 0 bridgehead atoms. The Hall–Kier alpha value is -0.620. The summed E-state index contributed by atoms with van der Waals surface area (Å²) in [6, 6.07) is 8.56. The molecule has 1 aromatic rings. The number of benzene rings is 1. The Bertz CT molecular complexity index is 362. The Labute approximate surface area is 117 Å². The normalized spacial score (nSPS) is 10.9. The maximum atomic E-state index is 11.6. The van der Waals surface area contributed by atoms with Crippen LogP contribution in [0.3, 0.4) is 0 Å². The first-order valence-electron chi connectivity index (χ1n) is 5.69. The highest BCUT2D eigenvalue weighted by Crippen LogP contribution is 2.08. The number of nitrogens with zero attached hydrogens (tertiary/aromatic N) is 1. The number of hydrogen-bond acceptors (Lipinski definition) is 2. The summed E-state index contributed by atoms with van der Waals surface area (Å²) < 4.78 is 1.23. The molecule has 1 amide bonds. The smallest absolute Gasteiger partial charge is 0.234 e. The average molecular weight is 346 g/mol. The molecule has 17 heavy (non-hydrogen) atoms. The van der Waals surface area contributed by atoms with Crippen LogP contribution in [0.25, 0.3) is 0 Å². The van der Waals surface area contributed by atoms with Gasteiger partial charge in [-0.3, -0.25) is 9.69 Å². The standard InChI is InChI=1S/C13H19IN2O/c1-10(2)15-13(17)9-16(3)8-11-4-6-12(14)7-5-11/h4-7,10H,8-9H2,1-3H3,(H,15,17). The quantitative estimate of drug-likeness (QED) is 0.830. The molecular formula is C13H19IN2O. The molecule has 0 radical (unpaired) electrons. The van der Waals surface area contributed by atoms with Crippen LogP contribution in [0, 0.1) is 3.57 Å². The third-order valence-electron chi connectivity index (χ3n) is 2.23. The fourth-order valence-corrected chi connectivity index (χ4v) is 1.93. The molecule has 1 rings (SSSR count). The Morgan fingerprint density at radius 3 is 2.47 bits per heavy atom. The third-order valence-corrected chi connectivity index (χ3v) is 2.95. The van der Waals surface area contributed by atoms with E-state index >= 15 is 0 Å². The summed E-state index contributed by atoms with van der Waals surface area (Å²) in [6.45, 7) is 5.17. The van der Waals surface area contributed by atoms with Crippen LogP contribution in [0.1, 0.15) is 19.4 Å². The molecule has 0 aliphatic heterocycles. The number of nitrogens with one attached hydrogen (secondary N) is 1. The van der Waals surface area contributed by atoms with Gasteiger partial charge in [-0.1, -0.05) is 12.1 Å². The zero-order valence-electron chi connectivity index (χ0n) is 10.5. The van der Waals surface area contributed by atoms with Gasteiger partial charge in [0, 0.05) is 16.2 Å². The minimum Gasteiger partial charge on any atom is -0.353 e. The van der Waals surface area contributed by atoms with Crippen LogP contribution in [0.15, 0.2) is 24.3 Å². The molecule has 0 saturated carbocycles. The van der Waals surface area contributed by atoms with Gasteiger partial charge in [-0.2, -0.15) is 0 Å². The number of rotatable bonds is 5. The van der Waals surface area contributed by atoms with Gasteiger partial charge in [0.05, 0.1) is 6.54 Å². The lowest BCUT2D eigenvalue weighted by atomic mass is 10.2. The van der Waals surface area contributed by atoms with E-state index < -0.39 is 0 Å². The van der Waals surface area contributed by atoms with E-state index in [0.29, 0.717) is 6.54 Å². The average Bonchev–Trinajstić information content (AvgIpc) is 2.19. The van der Waals surface area contributed by atoms with Crippen LogP contribution in [0.4, 0.5) is 0 Å². The number of amides is 1. The number of carbonyl (C=O) groups is 1. The summed E-state index contributed by atoms with van der Waals surface area (Å²) in [5, 5.41) is 2.89. The van der Waals surface area contributed by atoms with Crippen LogP contribution in [-0.4, -0.2) is 30.4 Å². The SMILES string of the molecule is CC(C)NC(=O)CN(C)Cc1ccc(I)cc1. The molecule has 0 aliphatic carbocycles. The van der Waals surface area contributed by atoms with Gasteiger partial charge >= 0.3 is 0 Å². The van der Waals surface area contributed by atoms with Crippen molar-refractivity contribution in [3.8, 4) is 0 Å². The third kappa shape index (κ3) is 6.02. The van der Waals surface area contributed by atoms with Crippen molar-refractivity contribution < 1.29 is 4.79 Å². The van der Waals surface area contributed by atoms with E-state index in [2.05, 4.69) is 52.2 Å². The van der Waals surface area contributed by atoms with Gasteiger partial charge in [-0.05, 0) is 61.2 Å². The van der Waals surface area contributed by atoms with Crippen molar-refractivity contribution in [3.05, 3.63) is 33.4 Å². The monoisotopic (exact) mass is 346 g/mol. The lowest BCUT2D eigenvalue weighted by Gasteiger charge is -2.17. The van der Waals surface area contributed by atoms with E-state index in [9.17, 15) is 4.79 Å². The summed E-state index contributed by atoms with van der Waals surface area (Å²) in [5.41, 5.74) is 1.23. The number of halogens is 1. The number of carbonyl (C=O) groups excluding carboxylic acids is 1. The minimum atomic E-state index is 0.0769. The van der Waals surface area contributed by atoms with Gasteiger partial charge in [0.1, 0.15) is 0 Å². The zero-order valence-corrected chi connectivity index (χ0v) is 12.7. The van der Waals surface area contributed by atoms with Crippen LogP contribution >= 0.6 is 22.6 Å². The fourth-order valence-electron chi connectivity index (χ4n) is 1.57. The molecule has 0 unspecified atom stereocenters. The molecule has 94 valence electrons. The second-order valence-corrected chi connectivity index (χ2v) is 5.77. The van der Waals surface area contributed by atoms with E-state index in [-0.39, 0.29) is 11.9 Å². The van der Waals surface area contributed by atoms with Crippen LogP contribution in [0.2, 0.25) is 0 Å². The fraction of sp³-hybridized carbons (Fsp3) is 0.462. The first-order valence-corrected chi connectivity index (χ1v) is 6.77. The van der Waals surface area contributed by atoms with Gasteiger partial charge in [-0.15, -0.1) is 0 Å². The van der Waals surface area contributed by atoms with Crippen molar-refractivity contribution in [3.63, 3.8) is 0 Å². The predicted molar refractivity (Wildman–Crippen MR) is 78.8 cm³/mol. The Morgan fingerprint density at radius 1 is 1.35 bits per heavy atom.